The number of hydrogen-bond acceptors (Lipinski definition) is 3. The van der Waals surface area contributed by atoms with Crippen LogP contribution in [0, 0.1) is 5.92 Å². The van der Waals surface area contributed by atoms with Crippen LogP contribution in [0.25, 0.3) is 0 Å². The summed E-state index contributed by atoms with van der Waals surface area (Å²) in [5, 5.41) is 0. The van der Waals surface area contributed by atoms with Crippen molar-refractivity contribution in [2.45, 2.75) is 19.6 Å². The van der Waals surface area contributed by atoms with Crippen molar-refractivity contribution >= 4 is 5.91 Å². The molecule has 1 unspecified atom stereocenters. The topological polar surface area (TPSA) is 32.8 Å². The van der Waals surface area contributed by atoms with Crippen LogP contribution in [0.5, 0.6) is 0 Å². The number of ether oxygens (including phenoxy) is 1. The van der Waals surface area contributed by atoms with Gasteiger partial charge in [-0.3, -0.25) is 4.79 Å². The Morgan fingerprint density at radius 1 is 1.35 bits per heavy atom. The summed E-state index contributed by atoms with van der Waals surface area (Å²) < 4.78 is 5.82. The van der Waals surface area contributed by atoms with Crippen LogP contribution in [-0.4, -0.2) is 49.5 Å². The molecular weight excluding hydrogens is 252 g/mol. The monoisotopic (exact) mass is 274 g/mol. The van der Waals surface area contributed by atoms with Gasteiger partial charge in [0.1, 0.15) is 0 Å². The smallest absolute Gasteiger partial charge is 0.254 e. The molecule has 4 heteroatoms. The van der Waals surface area contributed by atoms with Crippen molar-refractivity contribution in [1.82, 2.24) is 9.80 Å². The normalized spacial score (nSPS) is 22.6. The second kappa shape index (κ2) is 5.54. The number of hydrogen-bond donors (Lipinski definition) is 0. The Bertz CT molecular complexity index is 515. The fourth-order valence-corrected chi connectivity index (χ4v) is 3.09. The quantitative estimate of drug-likeness (QED) is 0.838. The number of fused-ring (bicyclic) bond motifs is 1. The Balaban J connectivity index is 1.55. The minimum Gasteiger partial charge on any atom is -0.376 e. The zero-order valence-electron chi connectivity index (χ0n) is 12.3. The second-order valence-corrected chi connectivity index (χ2v) is 6.08. The van der Waals surface area contributed by atoms with Gasteiger partial charge in [0.15, 0.2) is 0 Å². The van der Waals surface area contributed by atoms with Crippen LogP contribution in [0.1, 0.15) is 27.9 Å². The maximum Gasteiger partial charge on any atom is 0.254 e. The molecule has 1 amide bonds. The van der Waals surface area contributed by atoms with Gasteiger partial charge in [-0.15, -0.1) is 0 Å². The highest BCUT2D eigenvalue weighted by Gasteiger charge is 2.24. The molecule has 0 bridgehead atoms. The van der Waals surface area contributed by atoms with Gasteiger partial charge >= 0.3 is 0 Å². The summed E-state index contributed by atoms with van der Waals surface area (Å²) in [5.41, 5.74) is 3.06. The lowest BCUT2D eigenvalue weighted by Gasteiger charge is -2.11. The molecule has 0 radical (unpaired) electrons. The van der Waals surface area contributed by atoms with Crippen molar-refractivity contribution in [1.29, 1.82) is 0 Å². The lowest BCUT2D eigenvalue weighted by Crippen LogP contribution is -2.17. The van der Waals surface area contributed by atoms with Crippen LogP contribution < -0.4 is 0 Å². The van der Waals surface area contributed by atoms with Gasteiger partial charge in [0, 0.05) is 25.7 Å². The number of likely N-dealkylation sites (tertiary alicyclic amines) is 1. The molecule has 3 rings (SSSR count). The maximum atomic E-state index is 11.9. The van der Waals surface area contributed by atoms with Crippen LogP contribution in [0.2, 0.25) is 0 Å². The first kappa shape index (κ1) is 13.6. The Labute approximate surface area is 120 Å². The number of rotatable bonds is 4. The molecule has 2 aliphatic heterocycles. The van der Waals surface area contributed by atoms with Gasteiger partial charge in [0.2, 0.25) is 0 Å². The molecule has 0 spiro atoms. The van der Waals surface area contributed by atoms with E-state index in [1.165, 1.54) is 13.0 Å². The number of amides is 1. The molecule has 1 saturated heterocycles. The van der Waals surface area contributed by atoms with Gasteiger partial charge in [0.25, 0.3) is 5.91 Å². The highest BCUT2D eigenvalue weighted by Crippen LogP contribution is 2.23. The number of carbonyl (C=O) groups excluding carboxylic acids is 1. The summed E-state index contributed by atoms with van der Waals surface area (Å²) >= 11 is 0. The average molecular weight is 274 g/mol. The van der Waals surface area contributed by atoms with Gasteiger partial charge in [-0.25, -0.2) is 0 Å². The minimum absolute atomic E-state index is 0.124. The highest BCUT2D eigenvalue weighted by atomic mass is 16.5. The van der Waals surface area contributed by atoms with Crippen LogP contribution in [0.15, 0.2) is 18.2 Å². The van der Waals surface area contributed by atoms with E-state index >= 15 is 0 Å². The van der Waals surface area contributed by atoms with Crippen LogP contribution in [0.4, 0.5) is 0 Å². The highest BCUT2D eigenvalue weighted by molar-refractivity contribution is 5.98. The predicted octanol–water partition coefficient (Wildman–Crippen LogP) is 1.74. The fraction of sp³-hybridized carbons (Fsp3) is 0.562. The third-order valence-corrected chi connectivity index (χ3v) is 4.27. The summed E-state index contributed by atoms with van der Waals surface area (Å²) in [7, 11) is 4.00. The van der Waals surface area contributed by atoms with E-state index in [4.69, 9.17) is 4.74 Å². The number of nitrogens with zero attached hydrogens (tertiary/aromatic N) is 2. The predicted molar refractivity (Wildman–Crippen MR) is 77.5 cm³/mol. The molecule has 108 valence electrons. The van der Waals surface area contributed by atoms with Crippen molar-refractivity contribution in [2.75, 3.05) is 33.8 Å². The second-order valence-electron chi connectivity index (χ2n) is 6.08. The van der Waals surface area contributed by atoms with Gasteiger partial charge in [0.05, 0.1) is 13.2 Å². The van der Waals surface area contributed by atoms with E-state index in [0.717, 1.165) is 36.4 Å². The maximum absolute atomic E-state index is 11.9. The molecule has 2 heterocycles. The minimum atomic E-state index is 0.124. The fourth-order valence-electron chi connectivity index (χ4n) is 3.09. The van der Waals surface area contributed by atoms with Crippen molar-refractivity contribution in [3.63, 3.8) is 0 Å². The van der Waals surface area contributed by atoms with E-state index in [0.29, 0.717) is 12.5 Å². The molecule has 2 aliphatic rings. The van der Waals surface area contributed by atoms with Crippen LogP contribution in [0.3, 0.4) is 0 Å². The van der Waals surface area contributed by atoms with E-state index in [1.54, 1.807) is 4.90 Å². The average Bonchev–Trinajstić information content (AvgIpc) is 2.96. The largest absolute Gasteiger partial charge is 0.376 e. The third kappa shape index (κ3) is 2.72. The lowest BCUT2D eigenvalue weighted by molar-refractivity contribution is 0.0815. The van der Waals surface area contributed by atoms with E-state index in [1.807, 2.05) is 13.1 Å². The van der Waals surface area contributed by atoms with Gasteiger partial charge in [-0.2, -0.15) is 0 Å². The summed E-state index contributed by atoms with van der Waals surface area (Å²) in [6, 6.07) is 6.12. The van der Waals surface area contributed by atoms with E-state index in [9.17, 15) is 4.79 Å². The first-order valence-electron chi connectivity index (χ1n) is 7.27. The zero-order chi connectivity index (χ0) is 14.1. The number of carbonyl (C=O) groups is 1. The van der Waals surface area contributed by atoms with Crippen LogP contribution in [-0.2, 0) is 17.9 Å². The lowest BCUT2D eigenvalue weighted by atomic mass is 10.1. The first-order chi connectivity index (χ1) is 9.63. The molecule has 1 aromatic carbocycles. The molecule has 1 fully saturated rings. The van der Waals surface area contributed by atoms with Crippen molar-refractivity contribution in [3.8, 4) is 0 Å². The van der Waals surface area contributed by atoms with Crippen molar-refractivity contribution in [3.05, 3.63) is 34.9 Å². The molecule has 1 aromatic rings. The molecule has 1 atom stereocenters. The Hall–Kier alpha value is -1.39. The zero-order valence-corrected chi connectivity index (χ0v) is 12.3. The van der Waals surface area contributed by atoms with E-state index < -0.39 is 0 Å². The Morgan fingerprint density at radius 2 is 2.20 bits per heavy atom. The molecule has 0 saturated carbocycles. The molecule has 20 heavy (non-hydrogen) atoms. The first-order valence-corrected chi connectivity index (χ1v) is 7.27. The summed E-state index contributed by atoms with van der Waals surface area (Å²) in [6.07, 6.45) is 1.23. The molecule has 0 aromatic heterocycles. The van der Waals surface area contributed by atoms with Crippen LogP contribution >= 0.6 is 0 Å². The van der Waals surface area contributed by atoms with Gasteiger partial charge < -0.3 is 14.5 Å². The van der Waals surface area contributed by atoms with Gasteiger partial charge in [-0.1, -0.05) is 12.1 Å². The van der Waals surface area contributed by atoms with Crippen molar-refractivity contribution in [2.24, 2.45) is 5.92 Å². The number of benzene rings is 1. The Kier molecular flexibility index (Phi) is 3.76. The summed E-state index contributed by atoms with van der Waals surface area (Å²) in [5.74, 6) is 0.779. The third-order valence-electron chi connectivity index (χ3n) is 4.27. The standard InChI is InChI=1S/C16H22N2O2/c1-17-6-5-13(8-17)11-20-10-12-3-4-14-9-18(2)16(19)15(14)7-12/h3-4,7,13H,5-6,8-11H2,1-2H3. The molecule has 0 N–H and O–H groups in total. The van der Waals surface area contributed by atoms with E-state index in [2.05, 4.69) is 24.1 Å². The summed E-state index contributed by atoms with van der Waals surface area (Å²) in [4.78, 5) is 16.0. The SMILES string of the molecule is CN1CCC(COCc2ccc3c(c2)C(=O)N(C)C3)C1. The van der Waals surface area contributed by atoms with E-state index in [-0.39, 0.29) is 5.91 Å². The molecular formula is C16H22N2O2. The molecule has 4 nitrogen and oxygen atoms in total. The molecule has 0 aliphatic carbocycles. The Morgan fingerprint density at radius 3 is 2.95 bits per heavy atom. The van der Waals surface area contributed by atoms with Gasteiger partial charge in [-0.05, 0) is 43.1 Å². The summed E-state index contributed by atoms with van der Waals surface area (Å²) in [6.45, 7) is 4.45. The van der Waals surface area contributed by atoms with Crippen molar-refractivity contribution < 1.29 is 9.53 Å².